The van der Waals surface area contributed by atoms with Crippen LogP contribution in [-0.4, -0.2) is 16.0 Å². The van der Waals surface area contributed by atoms with Crippen molar-refractivity contribution in [2.24, 2.45) is 0 Å². The van der Waals surface area contributed by atoms with Crippen LogP contribution in [0.1, 0.15) is 22.8 Å². The van der Waals surface area contributed by atoms with Crippen LogP contribution in [0, 0.1) is 0 Å². The average Bonchev–Trinajstić information content (AvgIpc) is 2.89. The lowest BCUT2D eigenvalue weighted by atomic mass is 10.1. The second-order valence-electron chi connectivity index (χ2n) is 4.91. The van der Waals surface area contributed by atoms with Gasteiger partial charge in [-0.3, -0.25) is 10.2 Å². The Kier molecular flexibility index (Phi) is 3.50. The van der Waals surface area contributed by atoms with Crippen molar-refractivity contribution in [3.05, 3.63) is 71.3 Å². The first-order valence-electron chi connectivity index (χ1n) is 6.59. The fourth-order valence-electron chi connectivity index (χ4n) is 2.42. The SMILES string of the molecule is O=C(NN1Cc2ccccc2C1)C(O)c1ccccc1. The molecule has 1 amide bonds. The summed E-state index contributed by atoms with van der Waals surface area (Å²) < 4.78 is 0. The molecular formula is C16H16N2O2. The Morgan fingerprint density at radius 3 is 2.15 bits per heavy atom. The maximum Gasteiger partial charge on any atom is 0.267 e. The molecule has 0 saturated carbocycles. The number of benzene rings is 2. The van der Waals surface area contributed by atoms with Crippen molar-refractivity contribution in [3.8, 4) is 0 Å². The first-order valence-corrected chi connectivity index (χ1v) is 6.59. The van der Waals surface area contributed by atoms with Gasteiger partial charge in [-0.1, -0.05) is 54.6 Å². The highest BCUT2D eigenvalue weighted by Gasteiger charge is 2.23. The van der Waals surface area contributed by atoms with Crippen molar-refractivity contribution in [2.75, 3.05) is 0 Å². The molecule has 0 radical (unpaired) electrons. The molecule has 0 spiro atoms. The van der Waals surface area contributed by atoms with E-state index in [9.17, 15) is 9.90 Å². The van der Waals surface area contributed by atoms with Crippen molar-refractivity contribution in [3.63, 3.8) is 0 Å². The Morgan fingerprint density at radius 1 is 1.00 bits per heavy atom. The molecule has 0 bridgehead atoms. The van der Waals surface area contributed by atoms with Crippen LogP contribution in [0.4, 0.5) is 0 Å². The zero-order valence-corrected chi connectivity index (χ0v) is 11.0. The van der Waals surface area contributed by atoms with Gasteiger partial charge in [0.15, 0.2) is 6.10 Å². The predicted molar refractivity (Wildman–Crippen MR) is 75.2 cm³/mol. The fraction of sp³-hybridized carbons (Fsp3) is 0.188. The van der Waals surface area contributed by atoms with Crippen LogP contribution in [0.15, 0.2) is 54.6 Å². The molecule has 3 rings (SSSR count). The van der Waals surface area contributed by atoms with E-state index >= 15 is 0 Å². The normalized spacial score (nSPS) is 15.7. The summed E-state index contributed by atoms with van der Waals surface area (Å²) in [4.78, 5) is 12.0. The van der Waals surface area contributed by atoms with Gasteiger partial charge in [-0.05, 0) is 16.7 Å². The highest BCUT2D eigenvalue weighted by atomic mass is 16.3. The third-order valence-electron chi connectivity index (χ3n) is 3.47. The quantitative estimate of drug-likeness (QED) is 0.892. The number of rotatable bonds is 3. The summed E-state index contributed by atoms with van der Waals surface area (Å²) >= 11 is 0. The number of hydrogen-bond acceptors (Lipinski definition) is 3. The molecule has 4 heteroatoms. The molecule has 1 heterocycles. The summed E-state index contributed by atoms with van der Waals surface area (Å²) in [5.41, 5.74) is 5.79. The molecule has 2 N–H and O–H groups in total. The molecule has 0 fully saturated rings. The minimum absolute atomic E-state index is 0.399. The molecule has 2 aromatic rings. The number of fused-ring (bicyclic) bond motifs is 1. The van der Waals surface area contributed by atoms with E-state index in [-0.39, 0.29) is 0 Å². The number of nitrogens with zero attached hydrogens (tertiary/aromatic N) is 1. The first-order chi connectivity index (χ1) is 9.74. The zero-order valence-electron chi connectivity index (χ0n) is 11.0. The Balaban J connectivity index is 1.64. The van der Waals surface area contributed by atoms with Crippen molar-refractivity contribution in [1.82, 2.24) is 10.4 Å². The van der Waals surface area contributed by atoms with E-state index in [1.54, 1.807) is 24.3 Å². The van der Waals surface area contributed by atoms with Crippen LogP contribution in [0.5, 0.6) is 0 Å². The standard InChI is InChI=1S/C16H16N2O2/c19-15(12-6-2-1-3-7-12)16(20)17-18-10-13-8-4-5-9-14(13)11-18/h1-9,15,19H,10-11H2,(H,17,20). The highest BCUT2D eigenvalue weighted by molar-refractivity contribution is 5.81. The van der Waals surface area contributed by atoms with Crippen LogP contribution in [-0.2, 0) is 17.9 Å². The van der Waals surface area contributed by atoms with Crippen LogP contribution < -0.4 is 5.43 Å². The topological polar surface area (TPSA) is 52.6 Å². The van der Waals surface area contributed by atoms with Crippen LogP contribution in [0.25, 0.3) is 0 Å². The molecule has 2 aromatic carbocycles. The molecular weight excluding hydrogens is 252 g/mol. The van der Waals surface area contributed by atoms with E-state index in [4.69, 9.17) is 0 Å². The molecule has 0 saturated heterocycles. The molecule has 4 nitrogen and oxygen atoms in total. The minimum Gasteiger partial charge on any atom is -0.378 e. The number of nitrogens with one attached hydrogen (secondary N) is 1. The molecule has 0 aromatic heterocycles. The van der Waals surface area contributed by atoms with Gasteiger partial charge in [0.05, 0.1) is 0 Å². The molecule has 1 atom stereocenters. The van der Waals surface area contributed by atoms with Crippen LogP contribution in [0.3, 0.4) is 0 Å². The van der Waals surface area contributed by atoms with E-state index in [1.807, 2.05) is 23.2 Å². The van der Waals surface area contributed by atoms with Gasteiger partial charge in [0.25, 0.3) is 5.91 Å². The molecule has 20 heavy (non-hydrogen) atoms. The number of hydrazine groups is 1. The van der Waals surface area contributed by atoms with Crippen LogP contribution >= 0.6 is 0 Å². The van der Waals surface area contributed by atoms with Gasteiger partial charge in [0, 0.05) is 13.1 Å². The molecule has 102 valence electrons. The molecule has 0 aliphatic carbocycles. The van der Waals surface area contributed by atoms with E-state index < -0.39 is 12.0 Å². The summed E-state index contributed by atoms with van der Waals surface area (Å²) in [6, 6.07) is 17.0. The number of aliphatic hydroxyl groups excluding tert-OH is 1. The Bertz CT molecular complexity index is 588. The third-order valence-corrected chi connectivity index (χ3v) is 3.47. The average molecular weight is 268 g/mol. The smallest absolute Gasteiger partial charge is 0.267 e. The van der Waals surface area contributed by atoms with Gasteiger partial charge < -0.3 is 5.11 Å². The first kappa shape index (κ1) is 12.8. The van der Waals surface area contributed by atoms with Crippen molar-refractivity contribution < 1.29 is 9.90 Å². The summed E-state index contributed by atoms with van der Waals surface area (Å²) in [6.45, 7) is 1.34. The Labute approximate surface area is 117 Å². The summed E-state index contributed by atoms with van der Waals surface area (Å²) in [5.74, 6) is -0.399. The van der Waals surface area contributed by atoms with Gasteiger partial charge in [-0.2, -0.15) is 0 Å². The van der Waals surface area contributed by atoms with E-state index in [2.05, 4.69) is 17.6 Å². The number of amides is 1. The van der Waals surface area contributed by atoms with Gasteiger partial charge >= 0.3 is 0 Å². The molecule has 1 aliphatic heterocycles. The maximum atomic E-state index is 12.0. The van der Waals surface area contributed by atoms with Gasteiger partial charge in [0.2, 0.25) is 0 Å². The van der Waals surface area contributed by atoms with Crippen molar-refractivity contribution >= 4 is 5.91 Å². The largest absolute Gasteiger partial charge is 0.378 e. The van der Waals surface area contributed by atoms with E-state index in [1.165, 1.54) is 11.1 Å². The minimum atomic E-state index is -1.14. The third kappa shape index (κ3) is 2.57. The lowest BCUT2D eigenvalue weighted by Crippen LogP contribution is -2.41. The Hall–Kier alpha value is -2.17. The number of carbonyl (C=O) groups is 1. The van der Waals surface area contributed by atoms with Gasteiger partial charge in [-0.25, -0.2) is 5.01 Å². The van der Waals surface area contributed by atoms with Gasteiger partial charge in [0.1, 0.15) is 0 Å². The number of aliphatic hydroxyl groups is 1. The number of hydrogen-bond donors (Lipinski definition) is 2. The lowest BCUT2D eigenvalue weighted by molar-refractivity contribution is -0.135. The van der Waals surface area contributed by atoms with E-state index in [0.29, 0.717) is 18.7 Å². The molecule has 1 aliphatic rings. The monoisotopic (exact) mass is 268 g/mol. The Morgan fingerprint density at radius 2 is 1.55 bits per heavy atom. The number of carbonyl (C=O) groups excluding carboxylic acids is 1. The molecule has 1 unspecified atom stereocenters. The van der Waals surface area contributed by atoms with Crippen LogP contribution in [0.2, 0.25) is 0 Å². The zero-order chi connectivity index (χ0) is 13.9. The predicted octanol–water partition coefficient (Wildman–Crippen LogP) is 1.77. The summed E-state index contributed by atoms with van der Waals surface area (Å²) in [7, 11) is 0. The van der Waals surface area contributed by atoms with Crippen molar-refractivity contribution in [2.45, 2.75) is 19.2 Å². The second kappa shape index (κ2) is 5.45. The fourth-order valence-corrected chi connectivity index (χ4v) is 2.42. The second-order valence-corrected chi connectivity index (χ2v) is 4.91. The summed E-state index contributed by atoms with van der Waals surface area (Å²) in [6.07, 6.45) is -1.14. The highest BCUT2D eigenvalue weighted by Crippen LogP contribution is 2.21. The van der Waals surface area contributed by atoms with Gasteiger partial charge in [-0.15, -0.1) is 0 Å². The van der Waals surface area contributed by atoms with Crippen molar-refractivity contribution in [1.29, 1.82) is 0 Å². The summed E-state index contributed by atoms with van der Waals surface area (Å²) in [5, 5.41) is 11.8. The maximum absolute atomic E-state index is 12.0. The lowest BCUT2D eigenvalue weighted by Gasteiger charge is -2.19. The van der Waals surface area contributed by atoms with E-state index in [0.717, 1.165) is 0 Å².